The Morgan fingerprint density at radius 1 is 1.10 bits per heavy atom. The summed E-state index contributed by atoms with van der Waals surface area (Å²) in [5, 5.41) is 9.12. The number of carbonyl (C=O) groups excluding carboxylic acids is 1. The molecule has 4 rings (SSSR count). The quantitative estimate of drug-likeness (QED) is 0.606. The summed E-state index contributed by atoms with van der Waals surface area (Å²) in [6.45, 7) is 1.82. The van der Waals surface area contributed by atoms with E-state index in [1.54, 1.807) is 36.4 Å². The van der Waals surface area contributed by atoms with E-state index in [0.29, 0.717) is 27.2 Å². The molecule has 1 amide bonds. The smallest absolute Gasteiger partial charge is 0.238 e. The van der Waals surface area contributed by atoms with Crippen LogP contribution in [-0.2, 0) is 21.2 Å². The Hall–Kier alpha value is -2.68. The molecule has 0 saturated carbocycles. The van der Waals surface area contributed by atoms with Gasteiger partial charge in [0, 0.05) is 29.2 Å². The topological polar surface area (TPSA) is 105 Å². The van der Waals surface area contributed by atoms with Crippen LogP contribution in [-0.4, -0.2) is 32.4 Å². The number of hydrogen-bond acceptors (Lipinski definition) is 5. The molecule has 7 nitrogen and oxygen atoms in total. The molecule has 3 N–H and O–H groups in total. The number of amides is 1. The number of nitrogens with one attached hydrogen (secondary N) is 1. The average Bonchev–Trinajstić information content (AvgIpc) is 2.74. The summed E-state index contributed by atoms with van der Waals surface area (Å²) in [4.78, 5) is 19.3. The van der Waals surface area contributed by atoms with Gasteiger partial charge < -0.3 is 10.2 Å². The Bertz CT molecular complexity index is 1240. The van der Waals surface area contributed by atoms with Gasteiger partial charge in [0.2, 0.25) is 15.9 Å². The molecule has 1 fully saturated rings. The van der Waals surface area contributed by atoms with Crippen LogP contribution >= 0.6 is 11.6 Å². The van der Waals surface area contributed by atoms with Crippen molar-refractivity contribution in [3.63, 3.8) is 0 Å². The van der Waals surface area contributed by atoms with Crippen LogP contribution in [0.3, 0.4) is 0 Å². The Kier molecular flexibility index (Phi) is 6.13. The molecular weight excluding hydrogens is 436 g/mol. The van der Waals surface area contributed by atoms with E-state index in [9.17, 15) is 13.2 Å². The first-order chi connectivity index (χ1) is 14.8. The minimum absolute atomic E-state index is 0.0592. The van der Waals surface area contributed by atoms with E-state index in [-0.39, 0.29) is 17.2 Å². The Labute approximate surface area is 186 Å². The maximum Gasteiger partial charge on any atom is 0.238 e. The van der Waals surface area contributed by atoms with Crippen molar-refractivity contribution < 1.29 is 13.2 Å². The van der Waals surface area contributed by atoms with Gasteiger partial charge in [0.25, 0.3) is 0 Å². The number of rotatable bonds is 5. The summed E-state index contributed by atoms with van der Waals surface area (Å²) in [7, 11) is -4.02. The van der Waals surface area contributed by atoms with E-state index in [1.165, 1.54) is 12.5 Å². The van der Waals surface area contributed by atoms with E-state index in [1.807, 2.05) is 6.07 Å². The summed E-state index contributed by atoms with van der Waals surface area (Å²) in [5.74, 6) is 0.465. The van der Waals surface area contributed by atoms with Crippen molar-refractivity contribution in [2.45, 2.75) is 30.6 Å². The van der Waals surface area contributed by atoms with Gasteiger partial charge in [-0.3, -0.25) is 4.79 Å². The molecule has 2 heterocycles. The van der Waals surface area contributed by atoms with Crippen LogP contribution in [0.4, 0.5) is 11.5 Å². The summed E-state index contributed by atoms with van der Waals surface area (Å²) in [6.07, 6.45) is 3.45. The summed E-state index contributed by atoms with van der Waals surface area (Å²) >= 11 is 6.14. The number of anilines is 2. The minimum atomic E-state index is -4.02. The zero-order valence-corrected chi connectivity index (χ0v) is 18.4. The first-order valence-corrected chi connectivity index (χ1v) is 12.0. The number of nitrogens with two attached hydrogens (primary N) is 1. The summed E-state index contributed by atoms with van der Waals surface area (Å²) < 4.78 is 24.4. The zero-order valence-electron chi connectivity index (χ0n) is 16.8. The van der Waals surface area contributed by atoms with Crippen molar-refractivity contribution in [1.82, 2.24) is 4.98 Å². The van der Waals surface area contributed by atoms with E-state index in [2.05, 4.69) is 15.2 Å². The van der Waals surface area contributed by atoms with Crippen molar-refractivity contribution >= 4 is 49.9 Å². The first-order valence-electron chi connectivity index (χ1n) is 10.1. The number of pyridine rings is 1. The molecule has 0 bridgehead atoms. The number of fused-ring (bicyclic) bond motifs is 1. The molecule has 0 spiro atoms. The van der Waals surface area contributed by atoms with Crippen molar-refractivity contribution in [2.75, 3.05) is 23.3 Å². The average molecular weight is 459 g/mol. The van der Waals surface area contributed by atoms with Gasteiger partial charge in [0.05, 0.1) is 16.8 Å². The monoisotopic (exact) mass is 458 g/mol. The zero-order chi connectivity index (χ0) is 22.0. The molecule has 1 aromatic heterocycles. The number of aromatic nitrogens is 1. The highest BCUT2D eigenvalue weighted by Crippen LogP contribution is 2.29. The molecule has 9 heteroatoms. The number of sulfonamides is 1. The lowest BCUT2D eigenvalue weighted by atomic mass is 10.1. The van der Waals surface area contributed by atoms with Crippen LogP contribution in [0.15, 0.2) is 53.4 Å². The molecule has 162 valence electrons. The summed E-state index contributed by atoms with van der Waals surface area (Å²) in [5.41, 5.74) is 1.46. The van der Waals surface area contributed by atoms with Crippen LogP contribution in [0.1, 0.15) is 24.8 Å². The van der Waals surface area contributed by atoms with Crippen molar-refractivity contribution in [3.8, 4) is 0 Å². The SMILES string of the molecule is NS(=O)(=O)c1cc(NC(=O)Cc2ccccc2Cl)cc2nc(N3CCCCC3)ccc12. The number of benzene rings is 2. The first kappa shape index (κ1) is 21.5. The maximum absolute atomic E-state index is 12.6. The molecule has 0 unspecified atom stereocenters. The molecule has 0 atom stereocenters. The van der Waals surface area contributed by atoms with Gasteiger partial charge >= 0.3 is 0 Å². The minimum Gasteiger partial charge on any atom is -0.357 e. The number of primary sulfonamides is 1. The molecule has 1 aliphatic rings. The molecule has 1 aliphatic heterocycles. The van der Waals surface area contributed by atoms with Crippen LogP contribution in [0.2, 0.25) is 5.02 Å². The van der Waals surface area contributed by atoms with Gasteiger partial charge in [0.15, 0.2) is 0 Å². The fourth-order valence-corrected chi connectivity index (χ4v) is 4.79. The predicted molar refractivity (Wildman–Crippen MR) is 123 cm³/mol. The molecule has 0 radical (unpaired) electrons. The van der Waals surface area contributed by atoms with Crippen molar-refractivity contribution in [3.05, 3.63) is 59.1 Å². The van der Waals surface area contributed by atoms with Gasteiger partial charge in [-0.05, 0) is 55.2 Å². The molecular formula is C22H23ClN4O3S. The molecule has 1 saturated heterocycles. The van der Waals surface area contributed by atoms with Crippen LogP contribution in [0.25, 0.3) is 10.9 Å². The Morgan fingerprint density at radius 2 is 1.84 bits per heavy atom. The van der Waals surface area contributed by atoms with Crippen LogP contribution in [0.5, 0.6) is 0 Å². The lowest BCUT2D eigenvalue weighted by Gasteiger charge is -2.28. The second-order valence-corrected chi connectivity index (χ2v) is 9.56. The third kappa shape index (κ3) is 4.98. The van der Waals surface area contributed by atoms with Gasteiger partial charge in [-0.25, -0.2) is 18.5 Å². The van der Waals surface area contributed by atoms with Crippen LogP contribution < -0.4 is 15.4 Å². The second-order valence-electron chi connectivity index (χ2n) is 7.62. The van der Waals surface area contributed by atoms with Crippen molar-refractivity contribution in [1.29, 1.82) is 0 Å². The molecule has 31 heavy (non-hydrogen) atoms. The molecule has 3 aromatic rings. The highest BCUT2D eigenvalue weighted by molar-refractivity contribution is 7.89. The lowest BCUT2D eigenvalue weighted by Crippen LogP contribution is -2.30. The standard InChI is InChI=1S/C22H23ClN4O3S/c23-18-7-3-2-6-15(18)12-22(28)25-16-13-19-17(20(14-16)31(24,29)30)8-9-21(26-19)27-10-4-1-5-11-27/h2-3,6-9,13-14H,1,4-5,10-12H2,(H,25,28)(H2,24,29,30). The molecule has 2 aromatic carbocycles. The number of nitrogens with zero attached hydrogens (tertiary/aromatic N) is 2. The van der Waals surface area contributed by atoms with Gasteiger partial charge in [-0.15, -0.1) is 0 Å². The highest BCUT2D eigenvalue weighted by atomic mass is 35.5. The number of hydrogen-bond donors (Lipinski definition) is 2. The molecule has 0 aliphatic carbocycles. The fraction of sp³-hybridized carbons (Fsp3) is 0.273. The Morgan fingerprint density at radius 3 is 2.55 bits per heavy atom. The number of piperidine rings is 1. The number of carbonyl (C=O) groups is 1. The normalized spacial score (nSPS) is 14.6. The van der Waals surface area contributed by atoms with Crippen molar-refractivity contribution in [2.24, 2.45) is 5.14 Å². The van der Waals surface area contributed by atoms with Gasteiger partial charge in [-0.1, -0.05) is 29.8 Å². The van der Waals surface area contributed by atoms with Gasteiger partial charge in [-0.2, -0.15) is 0 Å². The largest absolute Gasteiger partial charge is 0.357 e. The van der Waals surface area contributed by atoms with E-state index < -0.39 is 10.0 Å². The van der Waals surface area contributed by atoms with Crippen LogP contribution in [0, 0.1) is 0 Å². The lowest BCUT2D eigenvalue weighted by molar-refractivity contribution is -0.115. The van der Waals surface area contributed by atoms with E-state index in [4.69, 9.17) is 16.7 Å². The number of halogens is 1. The van der Waals surface area contributed by atoms with E-state index >= 15 is 0 Å². The third-order valence-electron chi connectivity index (χ3n) is 5.33. The fourth-order valence-electron chi connectivity index (χ4n) is 3.82. The van der Waals surface area contributed by atoms with E-state index in [0.717, 1.165) is 31.7 Å². The Balaban J connectivity index is 1.69. The predicted octanol–water partition coefficient (Wildman–Crippen LogP) is 3.71. The van der Waals surface area contributed by atoms with Gasteiger partial charge in [0.1, 0.15) is 5.82 Å². The summed E-state index contributed by atoms with van der Waals surface area (Å²) in [6, 6.07) is 13.6. The third-order valence-corrected chi connectivity index (χ3v) is 6.65. The highest BCUT2D eigenvalue weighted by Gasteiger charge is 2.19. The second kappa shape index (κ2) is 8.82. The maximum atomic E-state index is 12.6.